The van der Waals surface area contributed by atoms with Gasteiger partial charge in [-0.15, -0.1) is 0 Å². The molecule has 1 rings (SSSR count). The summed E-state index contributed by atoms with van der Waals surface area (Å²) in [7, 11) is 0. The molecule has 0 spiro atoms. The van der Waals surface area contributed by atoms with Gasteiger partial charge in [0.25, 0.3) is 0 Å². The number of likely N-dealkylation sites (N-methyl/N-ethyl adjacent to an activating group) is 1. The van der Waals surface area contributed by atoms with Gasteiger partial charge in [0, 0.05) is 12.6 Å². The second kappa shape index (κ2) is 7.99. The topological polar surface area (TPSA) is 52.6 Å². The smallest absolute Gasteiger partial charge is 0.323 e. The molecule has 0 radical (unpaired) electrons. The number of rotatable bonds is 8. The number of aliphatic carboxylic acids is 1. The molecule has 118 valence electrons. The number of nitrogens with zero attached hydrogens (tertiary/aromatic N) is 1. The van der Waals surface area contributed by atoms with Crippen LogP contribution in [0, 0.1) is 5.92 Å². The maximum atomic E-state index is 11.6. The lowest BCUT2D eigenvalue weighted by molar-refractivity contribution is -0.145. The van der Waals surface area contributed by atoms with Crippen molar-refractivity contribution in [3.63, 3.8) is 0 Å². The summed E-state index contributed by atoms with van der Waals surface area (Å²) in [5.74, 6) is 0.0669. The zero-order valence-electron chi connectivity index (χ0n) is 13.6. The Labute approximate surface area is 123 Å². The van der Waals surface area contributed by atoms with Crippen LogP contribution < -0.4 is 5.32 Å². The van der Waals surface area contributed by atoms with Crippen LogP contribution in [0.1, 0.15) is 59.8 Å². The van der Waals surface area contributed by atoms with Gasteiger partial charge in [0.15, 0.2) is 0 Å². The molecule has 0 amide bonds. The summed E-state index contributed by atoms with van der Waals surface area (Å²) in [6, 6.07) is 0.645. The summed E-state index contributed by atoms with van der Waals surface area (Å²) in [6.45, 7) is 11.4. The summed E-state index contributed by atoms with van der Waals surface area (Å²) in [4.78, 5) is 14.1. The Balaban J connectivity index is 2.49. The highest BCUT2D eigenvalue weighted by atomic mass is 16.4. The minimum atomic E-state index is -0.737. The first kappa shape index (κ1) is 17.4. The fraction of sp³-hybridized carbons (Fsp3) is 0.938. The van der Waals surface area contributed by atoms with E-state index in [1.165, 1.54) is 12.8 Å². The fourth-order valence-electron chi connectivity index (χ4n) is 3.34. The summed E-state index contributed by atoms with van der Waals surface area (Å²) in [5, 5.41) is 12.7. The molecule has 0 saturated carbocycles. The van der Waals surface area contributed by atoms with E-state index >= 15 is 0 Å². The molecule has 1 saturated heterocycles. The lowest BCUT2D eigenvalue weighted by Crippen LogP contribution is -2.52. The van der Waals surface area contributed by atoms with E-state index in [-0.39, 0.29) is 0 Å². The van der Waals surface area contributed by atoms with Gasteiger partial charge in [-0.25, -0.2) is 0 Å². The molecule has 0 aromatic heterocycles. The van der Waals surface area contributed by atoms with E-state index in [1.807, 2.05) is 13.8 Å². The van der Waals surface area contributed by atoms with Gasteiger partial charge < -0.3 is 15.3 Å². The molecule has 1 fully saturated rings. The molecule has 4 nitrogen and oxygen atoms in total. The van der Waals surface area contributed by atoms with Crippen LogP contribution in [0.2, 0.25) is 0 Å². The molecular formula is C16H32N2O2. The predicted molar refractivity (Wildman–Crippen MR) is 83.0 cm³/mol. The van der Waals surface area contributed by atoms with Gasteiger partial charge in [-0.05, 0) is 58.0 Å². The molecule has 3 unspecified atom stereocenters. The Bertz CT molecular complexity index is 309. The number of likely N-dealkylation sites (tertiary alicyclic amines) is 1. The van der Waals surface area contributed by atoms with Crippen molar-refractivity contribution < 1.29 is 9.90 Å². The van der Waals surface area contributed by atoms with Gasteiger partial charge in [0.2, 0.25) is 0 Å². The van der Waals surface area contributed by atoms with E-state index in [9.17, 15) is 9.90 Å². The number of carbonyl (C=O) groups is 1. The van der Waals surface area contributed by atoms with E-state index in [4.69, 9.17) is 0 Å². The Hall–Kier alpha value is -0.610. The van der Waals surface area contributed by atoms with Crippen molar-refractivity contribution in [2.45, 2.75) is 71.4 Å². The minimum absolute atomic E-state index is 0.641. The van der Waals surface area contributed by atoms with Crippen LogP contribution in [0.25, 0.3) is 0 Å². The van der Waals surface area contributed by atoms with Crippen molar-refractivity contribution in [1.82, 2.24) is 10.2 Å². The van der Waals surface area contributed by atoms with Crippen LogP contribution in [0.5, 0.6) is 0 Å². The van der Waals surface area contributed by atoms with Crippen LogP contribution in [0.4, 0.5) is 0 Å². The molecule has 4 heteroatoms. The van der Waals surface area contributed by atoms with Crippen LogP contribution in [-0.4, -0.2) is 47.2 Å². The van der Waals surface area contributed by atoms with Crippen molar-refractivity contribution in [1.29, 1.82) is 0 Å². The Morgan fingerprint density at radius 3 is 2.60 bits per heavy atom. The van der Waals surface area contributed by atoms with Crippen molar-refractivity contribution in [2.75, 3.05) is 19.6 Å². The first-order valence-corrected chi connectivity index (χ1v) is 8.17. The molecular weight excluding hydrogens is 252 g/mol. The molecule has 0 aliphatic carbocycles. The monoisotopic (exact) mass is 284 g/mol. The molecule has 1 aliphatic heterocycles. The molecule has 0 aromatic rings. The Morgan fingerprint density at radius 1 is 1.35 bits per heavy atom. The lowest BCUT2D eigenvalue weighted by Gasteiger charge is -2.37. The number of carboxylic acids is 1. The van der Waals surface area contributed by atoms with Crippen molar-refractivity contribution >= 4 is 5.97 Å². The van der Waals surface area contributed by atoms with Gasteiger partial charge >= 0.3 is 5.97 Å². The third kappa shape index (κ3) is 4.45. The first-order valence-electron chi connectivity index (χ1n) is 8.17. The van der Waals surface area contributed by atoms with E-state index in [1.54, 1.807) is 0 Å². The Morgan fingerprint density at radius 2 is 2.05 bits per heavy atom. The van der Waals surface area contributed by atoms with Gasteiger partial charge in [0.05, 0.1) is 0 Å². The molecule has 0 bridgehead atoms. The highest BCUT2D eigenvalue weighted by molar-refractivity contribution is 5.78. The second-order valence-corrected chi connectivity index (χ2v) is 6.40. The third-order valence-corrected chi connectivity index (χ3v) is 4.82. The van der Waals surface area contributed by atoms with Gasteiger partial charge in [-0.3, -0.25) is 4.79 Å². The minimum Gasteiger partial charge on any atom is -0.480 e. The van der Waals surface area contributed by atoms with E-state index in [0.29, 0.717) is 25.4 Å². The van der Waals surface area contributed by atoms with Crippen molar-refractivity contribution in [2.24, 2.45) is 5.92 Å². The average molecular weight is 284 g/mol. The zero-order valence-corrected chi connectivity index (χ0v) is 13.6. The van der Waals surface area contributed by atoms with Gasteiger partial charge in [0.1, 0.15) is 5.54 Å². The molecule has 2 N–H and O–H groups in total. The van der Waals surface area contributed by atoms with Crippen LogP contribution >= 0.6 is 0 Å². The molecule has 1 heterocycles. The SMILES string of the molecule is CCNC(CC)(CCCN1CC(C)CCC1C)C(=O)O. The number of hydrogen-bond donors (Lipinski definition) is 2. The van der Waals surface area contributed by atoms with Crippen LogP contribution in [0.3, 0.4) is 0 Å². The highest BCUT2D eigenvalue weighted by Crippen LogP contribution is 2.23. The molecule has 20 heavy (non-hydrogen) atoms. The van der Waals surface area contributed by atoms with Crippen molar-refractivity contribution in [3.05, 3.63) is 0 Å². The molecule has 1 aliphatic rings. The number of carboxylic acid groups (broad SMARTS) is 1. The van der Waals surface area contributed by atoms with Crippen LogP contribution in [0.15, 0.2) is 0 Å². The summed E-state index contributed by atoms with van der Waals surface area (Å²) >= 11 is 0. The Kier molecular flexibility index (Phi) is 6.96. The molecule has 3 atom stereocenters. The quantitative estimate of drug-likeness (QED) is 0.719. The van der Waals surface area contributed by atoms with Crippen LogP contribution in [-0.2, 0) is 4.79 Å². The van der Waals surface area contributed by atoms with Gasteiger partial charge in [-0.1, -0.05) is 20.8 Å². The maximum absolute atomic E-state index is 11.6. The second-order valence-electron chi connectivity index (χ2n) is 6.40. The summed E-state index contributed by atoms with van der Waals surface area (Å²) in [5.41, 5.74) is -0.737. The summed E-state index contributed by atoms with van der Waals surface area (Å²) in [6.07, 6.45) is 4.89. The standard InChI is InChI=1S/C16H32N2O2/c1-5-16(15(19)20,17-6-2)10-7-11-18-12-13(3)8-9-14(18)4/h13-14,17H,5-12H2,1-4H3,(H,19,20). The lowest BCUT2D eigenvalue weighted by atomic mass is 9.89. The average Bonchev–Trinajstić information content (AvgIpc) is 2.41. The predicted octanol–water partition coefficient (Wildman–Crippen LogP) is 2.73. The number of piperidine rings is 1. The fourth-order valence-corrected chi connectivity index (χ4v) is 3.34. The maximum Gasteiger partial charge on any atom is 0.323 e. The third-order valence-electron chi connectivity index (χ3n) is 4.82. The van der Waals surface area contributed by atoms with Gasteiger partial charge in [-0.2, -0.15) is 0 Å². The molecule has 0 aromatic carbocycles. The van der Waals surface area contributed by atoms with Crippen molar-refractivity contribution in [3.8, 4) is 0 Å². The number of hydrogen-bond acceptors (Lipinski definition) is 3. The summed E-state index contributed by atoms with van der Waals surface area (Å²) < 4.78 is 0. The highest BCUT2D eigenvalue weighted by Gasteiger charge is 2.35. The largest absolute Gasteiger partial charge is 0.480 e. The van der Waals surface area contributed by atoms with E-state index < -0.39 is 11.5 Å². The normalized spacial score (nSPS) is 27.2. The van der Waals surface area contributed by atoms with E-state index in [0.717, 1.165) is 25.4 Å². The number of nitrogens with one attached hydrogen (secondary N) is 1. The zero-order chi connectivity index (χ0) is 15.2. The van der Waals surface area contributed by atoms with E-state index in [2.05, 4.69) is 24.1 Å². The first-order chi connectivity index (χ1) is 9.45.